The lowest BCUT2D eigenvalue weighted by Crippen LogP contribution is -3.15. The topological polar surface area (TPSA) is 80.4 Å². The first kappa shape index (κ1) is 16.4. The zero-order valence-corrected chi connectivity index (χ0v) is 14.4. The van der Waals surface area contributed by atoms with Gasteiger partial charge in [-0.15, -0.1) is 0 Å². The Morgan fingerprint density at radius 3 is 2.50 bits per heavy atom. The average Bonchev–Trinajstić information content (AvgIpc) is 2.82. The minimum atomic E-state index is 0.0358. The van der Waals surface area contributed by atoms with Gasteiger partial charge in [-0.1, -0.05) is 0 Å². The molecule has 0 radical (unpaired) electrons. The van der Waals surface area contributed by atoms with Gasteiger partial charge in [0.1, 0.15) is 0 Å². The Balaban J connectivity index is 1.52. The zero-order chi connectivity index (χ0) is 17.1. The van der Waals surface area contributed by atoms with Gasteiger partial charge in [0.15, 0.2) is 6.54 Å². The first-order valence-electron chi connectivity index (χ1n) is 8.20. The van der Waals surface area contributed by atoms with E-state index in [-0.39, 0.29) is 5.91 Å². The summed E-state index contributed by atoms with van der Waals surface area (Å²) in [6.45, 7) is 7.86. The molecule has 1 amide bonds. The van der Waals surface area contributed by atoms with Crippen LogP contribution < -0.4 is 15.1 Å². The summed E-state index contributed by atoms with van der Waals surface area (Å²) < 4.78 is 1.79. The maximum absolute atomic E-state index is 12.3. The molecule has 3 rings (SSSR count). The monoisotopic (exact) mass is 330 g/mol. The maximum Gasteiger partial charge on any atom is 0.279 e. The van der Waals surface area contributed by atoms with Crippen LogP contribution in [0.15, 0.2) is 18.5 Å². The SMILES string of the molecule is Cc1nn(C)c(C)c1NC(=O)C[NH+]1CCN(c2ncccn2)CC1. The number of quaternary nitrogens is 1. The number of amides is 1. The summed E-state index contributed by atoms with van der Waals surface area (Å²) in [5, 5.41) is 7.34. The van der Waals surface area contributed by atoms with Gasteiger partial charge in [0.25, 0.3) is 5.91 Å². The normalized spacial score (nSPS) is 15.5. The minimum absolute atomic E-state index is 0.0358. The molecule has 24 heavy (non-hydrogen) atoms. The largest absolute Gasteiger partial charge is 0.330 e. The van der Waals surface area contributed by atoms with Gasteiger partial charge in [0.05, 0.1) is 43.3 Å². The number of hydrogen-bond acceptors (Lipinski definition) is 5. The molecular formula is C16H24N7O+. The number of carbonyl (C=O) groups excluding carboxylic acids is 1. The summed E-state index contributed by atoms with van der Waals surface area (Å²) in [6.07, 6.45) is 3.52. The molecule has 2 aromatic rings. The highest BCUT2D eigenvalue weighted by atomic mass is 16.2. The minimum Gasteiger partial charge on any atom is -0.330 e. The number of hydrogen-bond donors (Lipinski definition) is 2. The van der Waals surface area contributed by atoms with Crippen molar-refractivity contribution in [2.75, 3.05) is 42.9 Å². The number of piperazine rings is 1. The number of aryl methyl sites for hydroxylation is 2. The summed E-state index contributed by atoms with van der Waals surface area (Å²) in [6, 6.07) is 1.82. The predicted molar refractivity (Wildman–Crippen MR) is 91.1 cm³/mol. The molecule has 1 saturated heterocycles. The van der Waals surface area contributed by atoms with Crippen molar-refractivity contribution in [3.05, 3.63) is 29.8 Å². The Morgan fingerprint density at radius 1 is 1.25 bits per heavy atom. The molecule has 0 unspecified atom stereocenters. The molecule has 1 fully saturated rings. The Bertz CT molecular complexity index is 705. The summed E-state index contributed by atoms with van der Waals surface area (Å²) in [7, 11) is 1.88. The van der Waals surface area contributed by atoms with E-state index in [1.54, 1.807) is 17.1 Å². The third-order valence-corrected chi connectivity index (χ3v) is 4.49. The van der Waals surface area contributed by atoms with Gasteiger partial charge in [-0.25, -0.2) is 9.97 Å². The van der Waals surface area contributed by atoms with Crippen LogP contribution in [0.2, 0.25) is 0 Å². The van der Waals surface area contributed by atoms with Gasteiger partial charge < -0.3 is 15.1 Å². The standard InChI is InChI=1S/C16H23N7O/c1-12-15(13(2)21(3)20-12)19-14(24)11-22-7-9-23(10-8-22)16-17-5-4-6-18-16/h4-6H,7-11H2,1-3H3,(H,19,24)/p+1. The second kappa shape index (κ2) is 6.96. The van der Waals surface area contributed by atoms with Crippen LogP contribution in [0, 0.1) is 13.8 Å². The molecule has 1 aliphatic heterocycles. The lowest BCUT2D eigenvalue weighted by atomic mass is 10.3. The molecule has 0 aromatic carbocycles. The van der Waals surface area contributed by atoms with Crippen LogP contribution in [0.1, 0.15) is 11.4 Å². The smallest absolute Gasteiger partial charge is 0.279 e. The fraction of sp³-hybridized carbons (Fsp3) is 0.500. The highest BCUT2D eigenvalue weighted by molar-refractivity contribution is 5.92. The van der Waals surface area contributed by atoms with Crippen molar-refractivity contribution in [1.82, 2.24) is 19.7 Å². The third-order valence-electron chi connectivity index (χ3n) is 4.49. The van der Waals surface area contributed by atoms with E-state index in [0.717, 1.165) is 49.2 Å². The average molecular weight is 330 g/mol. The van der Waals surface area contributed by atoms with Gasteiger partial charge in [-0.05, 0) is 19.9 Å². The Labute approximate surface area is 141 Å². The van der Waals surface area contributed by atoms with Crippen molar-refractivity contribution >= 4 is 17.5 Å². The summed E-state index contributed by atoms with van der Waals surface area (Å²) in [5.41, 5.74) is 2.66. The summed E-state index contributed by atoms with van der Waals surface area (Å²) in [4.78, 5) is 24.3. The number of carbonyl (C=O) groups is 1. The first-order chi connectivity index (χ1) is 11.5. The first-order valence-corrected chi connectivity index (χ1v) is 8.20. The number of aromatic nitrogens is 4. The molecule has 0 spiro atoms. The van der Waals surface area contributed by atoms with E-state index < -0.39 is 0 Å². The molecule has 2 N–H and O–H groups in total. The highest BCUT2D eigenvalue weighted by Gasteiger charge is 2.24. The van der Waals surface area contributed by atoms with Gasteiger partial charge in [0, 0.05) is 19.4 Å². The second-order valence-corrected chi connectivity index (χ2v) is 6.18. The van der Waals surface area contributed by atoms with Crippen molar-refractivity contribution in [3.63, 3.8) is 0 Å². The molecule has 2 aromatic heterocycles. The molecule has 0 bridgehead atoms. The number of rotatable bonds is 4. The van der Waals surface area contributed by atoms with E-state index in [0.29, 0.717) is 6.54 Å². The summed E-state index contributed by atoms with van der Waals surface area (Å²) >= 11 is 0. The van der Waals surface area contributed by atoms with Crippen LogP contribution in [-0.4, -0.2) is 58.4 Å². The molecule has 8 heteroatoms. The molecule has 8 nitrogen and oxygen atoms in total. The van der Waals surface area contributed by atoms with Gasteiger partial charge in [-0.2, -0.15) is 5.10 Å². The van der Waals surface area contributed by atoms with E-state index >= 15 is 0 Å². The molecule has 0 aliphatic carbocycles. The van der Waals surface area contributed by atoms with Crippen LogP contribution in [0.5, 0.6) is 0 Å². The van der Waals surface area contributed by atoms with Crippen molar-refractivity contribution in [3.8, 4) is 0 Å². The maximum atomic E-state index is 12.3. The molecule has 0 atom stereocenters. The van der Waals surface area contributed by atoms with E-state index in [1.165, 1.54) is 4.90 Å². The molecular weight excluding hydrogens is 306 g/mol. The van der Waals surface area contributed by atoms with Crippen LogP contribution in [0.25, 0.3) is 0 Å². The Kier molecular flexibility index (Phi) is 4.75. The Morgan fingerprint density at radius 2 is 1.92 bits per heavy atom. The fourth-order valence-corrected chi connectivity index (χ4v) is 3.02. The zero-order valence-electron chi connectivity index (χ0n) is 14.4. The molecule has 0 saturated carbocycles. The molecule has 3 heterocycles. The fourth-order valence-electron chi connectivity index (χ4n) is 3.02. The number of anilines is 2. The van der Waals surface area contributed by atoms with E-state index in [4.69, 9.17) is 0 Å². The van der Waals surface area contributed by atoms with Crippen molar-refractivity contribution in [2.24, 2.45) is 7.05 Å². The molecule has 128 valence electrons. The highest BCUT2D eigenvalue weighted by Crippen LogP contribution is 2.17. The third kappa shape index (κ3) is 3.53. The van der Waals surface area contributed by atoms with Crippen molar-refractivity contribution in [2.45, 2.75) is 13.8 Å². The predicted octanol–water partition coefficient (Wildman–Crippen LogP) is -0.829. The van der Waals surface area contributed by atoms with Gasteiger partial charge >= 0.3 is 0 Å². The van der Waals surface area contributed by atoms with Crippen LogP contribution in [0.4, 0.5) is 11.6 Å². The van der Waals surface area contributed by atoms with Crippen molar-refractivity contribution < 1.29 is 9.69 Å². The second-order valence-electron chi connectivity index (χ2n) is 6.18. The quantitative estimate of drug-likeness (QED) is 0.765. The van der Waals surface area contributed by atoms with E-state index in [1.807, 2.05) is 27.0 Å². The lowest BCUT2D eigenvalue weighted by molar-refractivity contribution is -0.892. The Hall–Kier alpha value is -2.48. The van der Waals surface area contributed by atoms with E-state index in [2.05, 4.69) is 25.3 Å². The molecule has 1 aliphatic rings. The van der Waals surface area contributed by atoms with Crippen molar-refractivity contribution in [1.29, 1.82) is 0 Å². The van der Waals surface area contributed by atoms with Crippen LogP contribution >= 0.6 is 0 Å². The van der Waals surface area contributed by atoms with Gasteiger partial charge in [0.2, 0.25) is 5.95 Å². The van der Waals surface area contributed by atoms with E-state index in [9.17, 15) is 4.79 Å². The van der Waals surface area contributed by atoms with Gasteiger partial charge in [-0.3, -0.25) is 9.48 Å². The number of nitrogens with one attached hydrogen (secondary N) is 2. The number of nitrogens with zero attached hydrogens (tertiary/aromatic N) is 5. The van der Waals surface area contributed by atoms with Crippen LogP contribution in [0.3, 0.4) is 0 Å². The van der Waals surface area contributed by atoms with Crippen LogP contribution in [-0.2, 0) is 11.8 Å². The lowest BCUT2D eigenvalue weighted by Gasteiger charge is -2.31. The summed E-state index contributed by atoms with van der Waals surface area (Å²) in [5.74, 6) is 0.802.